The number of carbonyl (C=O) groups excluding carboxylic acids is 2. The molecule has 6 nitrogen and oxygen atoms in total. The van der Waals surface area contributed by atoms with Crippen molar-refractivity contribution in [3.63, 3.8) is 0 Å². The lowest BCUT2D eigenvalue weighted by Gasteiger charge is -2.31. The van der Waals surface area contributed by atoms with Crippen LogP contribution in [0.2, 0.25) is 0 Å². The molecule has 0 radical (unpaired) electrons. The van der Waals surface area contributed by atoms with E-state index in [2.05, 4.69) is 16.4 Å². The first kappa shape index (κ1) is 22.8. The van der Waals surface area contributed by atoms with Gasteiger partial charge in [-0.1, -0.05) is 48.0 Å². The van der Waals surface area contributed by atoms with Crippen LogP contribution in [-0.2, 0) is 11.3 Å². The molecule has 1 fully saturated rings. The first-order chi connectivity index (χ1) is 17.0. The molecule has 1 N–H and O–H groups in total. The van der Waals surface area contributed by atoms with Gasteiger partial charge in [0.15, 0.2) is 5.58 Å². The van der Waals surface area contributed by atoms with E-state index in [1.54, 1.807) is 6.07 Å². The molecule has 0 unspecified atom stereocenters. The second kappa shape index (κ2) is 10.1. The van der Waals surface area contributed by atoms with Crippen molar-refractivity contribution in [1.82, 2.24) is 15.2 Å². The minimum absolute atomic E-state index is 0.00749. The maximum atomic E-state index is 13.1. The minimum Gasteiger partial charge on any atom is -0.436 e. The normalized spacial score (nSPS) is 14.3. The summed E-state index contributed by atoms with van der Waals surface area (Å²) in [4.78, 5) is 32.0. The lowest BCUT2D eigenvalue weighted by Crippen LogP contribution is -2.39. The highest BCUT2D eigenvalue weighted by Crippen LogP contribution is 2.26. The Morgan fingerprint density at radius 1 is 1.00 bits per heavy atom. The summed E-state index contributed by atoms with van der Waals surface area (Å²) in [5.74, 6) is 0.904. The number of nitrogens with zero attached hydrogens (tertiary/aromatic N) is 2. The molecule has 3 aromatic carbocycles. The number of benzene rings is 3. The van der Waals surface area contributed by atoms with Gasteiger partial charge >= 0.3 is 0 Å². The van der Waals surface area contributed by atoms with E-state index in [0.717, 1.165) is 29.5 Å². The molecule has 0 saturated carbocycles. The molecular formula is C29H29N3O3. The van der Waals surface area contributed by atoms with E-state index >= 15 is 0 Å². The molecule has 0 atom stereocenters. The van der Waals surface area contributed by atoms with E-state index in [4.69, 9.17) is 4.42 Å². The molecular weight excluding hydrogens is 438 g/mol. The number of aryl methyl sites for hydroxylation is 1. The Morgan fingerprint density at radius 3 is 2.57 bits per heavy atom. The van der Waals surface area contributed by atoms with Gasteiger partial charge in [-0.15, -0.1) is 0 Å². The Hall–Kier alpha value is -3.93. The first-order valence-corrected chi connectivity index (χ1v) is 12.1. The van der Waals surface area contributed by atoms with Gasteiger partial charge in [-0.3, -0.25) is 9.59 Å². The highest BCUT2D eigenvalue weighted by Gasteiger charge is 2.25. The third kappa shape index (κ3) is 5.43. The van der Waals surface area contributed by atoms with Crippen LogP contribution in [0, 0.1) is 12.8 Å². The summed E-state index contributed by atoms with van der Waals surface area (Å²) >= 11 is 0. The molecule has 1 aliphatic heterocycles. The fourth-order valence-corrected chi connectivity index (χ4v) is 4.64. The van der Waals surface area contributed by atoms with Crippen molar-refractivity contribution >= 4 is 22.9 Å². The molecule has 2 heterocycles. The van der Waals surface area contributed by atoms with Crippen LogP contribution in [0.15, 0.2) is 77.2 Å². The van der Waals surface area contributed by atoms with E-state index in [9.17, 15) is 9.59 Å². The van der Waals surface area contributed by atoms with Crippen molar-refractivity contribution in [2.45, 2.75) is 32.7 Å². The average Bonchev–Trinajstić information content (AvgIpc) is 3.32. The van der Waals surface area contributed by atoms with Crippen LogP contribution in [0.5, 0.6) is 0 Å². The Labute approximate surface area is 205 Å². The van der Waals surface area contributed by atoms with Crippen molar-refractivity contribution in [2.75, 3.05) is 13.1 Å². The molecule has 0 aliphatic carbocycles. The van der Waals surface area contributed by atoms with Gasteiger partial charge in [0, 0.05) is 37.2 Å². The second-order valence-corrected chi connectivity index (χ2v) is 9.27. The van der Waals surface area contributed by atoms with E-state index in [1.807, 2.05) is 72.5 Å². The Balaban J connectivity index is 1.15. The van der Waals surface area contributed by atoms with E-state index in [-0.39, 0.29) is 11.8 Å². The Kier molecular flexibility index (Phi) is 6.62. The number of aromatic nitrogens is 1. The predicted octanol–water partition coefficient (Wildman–Crippen LogP) is 5.36. The number of rotatable bonds is 6. The number of likely N-dealkylation sites (tertiary alicyclic amines) is 1. The quantitative estimate of drug-likeness (QED) is 0.414. The molecule has 1 aromatic heterocycles. The van der Waals surface area contributed by atoms with Gasteiger partial charge in [0.1, 0.15) is 5.52 Å². The van der Waals surface area contributed by atoms with Crippen molar-refractivity contribution in [1.29, 1.82) is 0 Å². The summed E-state index contributed by atoms with van der Waals surface area (Å²) in [6.45, 7) is 3.90. The van der Waals surface area contributed by atoms with E-state index in [0.29, 0.717) is 49.0 Å². The summed E-state index contributed by atoms with van der Waals surface area (Å²) in [6.07, 6.45) is 2.15. The monoisotopic (exact) mass is 467 g/mol. The molecule has 1 saturated heterocycles. The zero-order chi connectivity index (χ0) is 24.2. The number of hydrogen-bond acceptors (Lipinski definition) is 4. The van der Waals surface area contributed by atoms with Gasteiger partial charge in [0.25, 0.3) is 5.91 Å². The molecule has 5 rings (SSSR count). The van der Waals surface area contributed by atoms with Gasteiger partial charge in [0.05, 0.1) is 0 Å². The Morgan fingerprint density at radius 2 is 1.80 bits per heavy atom. The zero-order valence-corrected chi connectivity index (χ0v) is 19.9. The first-order valence-electron chi connectivity index (χ1n) is 12.1. The number of piperidine rings is 1. The molecule has 35 heavy (non-hydrogen) atoms. The maximum absolute atomic E-state index is 13.1. The summed E-state index contributed by atoms with van der Waals surface area (Å²) in [5.41, 5.74) is 5.14. The van der Waals surface area contributed by atoms with Gasteiger partial charge in [-0.25, -0.2) is 4.98 Å². The van der Waals surface area contributed by atoms with Crippen LogP contribution >= 0.6 is 0 Å². The van der Waals surface area contributed by atoms with Gasteiger partial charge < -0.3 is 14.6 Å². The van der Waals surface area contributed by atoms with Crippen molar-refractivity contribution in [3.8, 4) is 11.5 Å². The largest absolute Gasteiger partial charge is 0.436 e. The van der Waals surface area contributed by atoms with Gasteiger partial charge in [0.2, 0.25) is 11.8 Å². The highest BCUT2D eigenvalue weighted by atomic mass is 16.3. The number of oxazole rings is 1. The highest BCUT2D eigenvalue weighted by molar-refractivity contribution is 5.97. The van der Waals surface area contributed by atoms with Crippen molar-refractivity contribution in [3.05, 3.63) is 89.5 Å². The fourth-order valence-electron chi connectivity index (χ4n) is 4.64. The molecule has 4 aromatic rings. The fraction of sp³-hybridized carbons (Fsp3) is 0.276. The van der Waals surface area contributed by atoms with E-state index < -0.39 is 0 Å². The SMILES string of the molecule is Cc1cccc(CNC(=O)CC2CCN(C(=O)c3ccc4nc(-c5ccccc5)oc4c3)CC2)c1. The average molecular weight is 468 g/mol. The summed E-state index contributed by atoms with van der Waals surface area (Å²) in [7, 11) is 0. The van der Waals surface area contributed by atoms with Gasteiger partial charge in [-0.05, 0) is 61.6 Å². The lowest BCUT2D eigenvalue weighted by molar-refractivity contribution is -0.122. The van der Waals surface area contributed by atoms with Crippen LogP contribution in [-0.4, -0.2) is 34.8 Å². The smallest absolute Gasteiger partial charge is 0.253 e. The number of fused-ring (bicyclic) bond motifs is 1. The summed E-state index contributed by atoms with van der Waals surface area (Å²) in [6, 6.07) is 23.3. The predicted molar refractivity (Wildman–Crippen MR) is 136 cm³/mol. The Bertz CT molecular complexity index is 1340. The van der Waals surface area contributed by atoms with Crippen LogP contribution in [0.3, 0.4) is 0 Å². The molecule has 178 valence electrons. The molecule has 6 heteroatoms. The molecule has 2 amide bonds. The minimum atomic E-state index is -0.00749. The molecule has 0 bridgehead atoms. The lowest BCUT2D eigenvalue weighted by atomic mass is 9.92. The number of nitrogens with one attached hydrogen (secondary N) is 1. The van der Waals surface area contributed by atoms with Crippen LogP contribution in [0.4, 0.5) is 0 Å². The third-order valence-corrected chi connectivity index (χ3v) is 6.60. The summed E-state index contributed by atoms with van der Waals surface area (Å²) in [5, 5.41) is 3.03. The number of amides is 2. The second-order valence-electron chi connectivity index (χ2n) is 9.27. The molecule has 1 aliphatic rings. The standard InChI is InChI=1S/C29H29N3O3/c1-20-6-5-7-22(16-20)19-30-27(33)17-21-12-14-32(15-13-21)29(34)24-10-11-25-26(18-24)35-28(31-25)23-8-3-2-4-9-23/h2-11,16,18,21H,12-15,17,19H2,1H3,(H,30,33). The summed E-state index contributed by atoms with van der Waals surface area (Å²) < 4.78 is 5.93. The van der Waals surface area contributed by atoms with Crippen LogP contribution in [0.25, 0.3) is 22.6 Å². The third-order valence-electron chi connectivity index (χ3n) is 6.60. The van der Waals surface area contributed by atoms with E-state index in [1.165, 1.54) is 5.56 Å². The number of carbonyl (C=O) groups is 2. The van der Waals surface area contributed by atoms with Gasteiger partial charge in [-0.2, -0.15) is 0 Å². The zero-order valence-electron chi connectivity index (χ0n) is 19.9. The topological polar surface area (TPSA) is 75.4 Å². The molecule has 0 spiro atoms. The van der Waals surface area contributed by atoms with Crippen molar-refractivity contribution < 1.29 is 14.0 Å². The van der Waals surface area contributed by atoms with Crippen LogP contribution < -0.4 is 5.32 Å². The van der Waals surface area contributed by atoms with Crippen molar-refractivity contribution in [2.24, 2.45) is 5.92 Å². The van der Waals surface area contributed by atoms with Crippen LogP contribution in [0.1, 0.15) is 40.7 Å². The maximum Gasteiger partial charge on any atom is 0.253 e. The number of hydrogen-bond donors (Lipinski definition) is 1.